The molecule has 1 aromatic carbocycles. The highest BCUT2D eigenvalue weighted by atomic mass is 79.9. The predicted octanol–water partition coefficient (Wildman–Crippen LogP) is 1.50. The number of hydrogen-bond donors (Lipinski definition) is 1. The van der Waals surface area contributed by atoms with Crippen molar-refractivity contribution in [3.8, 4) is 5.69 Å². The van der Waals surface area contributed by atoms with E-state index in [0.29, 0.717) is 5.92 Å². The molecular weight excluding hydrogens is 282 g/mol. The Morgan fingerprint density at radius 1 is 1.35 bits per heavy atom. The summed E-state index contributed by atoms with van der Waals surface area (Å²) in [6.45, 7) is 1.98. The van der Waals surface area contributed by atoms with Crippen LogP contribution < -0.4 is 5.32 Å². The van der Waals surface area contributed by atoms with E-state index in [4.69, 9.17) is 0 Å². The monoisotopic (exact) mass is 293 g/mol. The zero-order valence-corrected chi connectivity index (χ0v) is 10.8. The van der Waals surface area contributed by atoms with Gasteiger partial charge < -0.3 is 5.32 Å². The Morgan fingerprint density at radius 3 is 3.00 bits per heavy atom. The van der Waals surface area contributed by atoms with E-state index in [9.17, 15) is 0 Å². The zero-order valence-electron chi connectivity index (χ0n) is 9.17. The minimum atomic E-state index is 0.395. The summed E-state index contributed by atoms with van der Waals surface area (Å²) < 4.78 is 0.966. The lowest BCUT2D eigenvalue weighted by Gasteiger charge is -2.01. The summed E-state index contributed by atoms with van der Waals surface area (Å²) in [4.78, 5) is 1.58. The molecule has 0 aliphatic carbocycles. The van der Waals surface area contributed by atoms with Gasteiger partial charge in [0.15, 0.2) is 5.82 Å². The van der Waals surface area contributed by atoms with Gasteiger partial charge in [-0.25, -0.2) is 0 Å². The molecule has 17 heavy (non-hydrogen) atoms. The predicted molar refractivity (Wildman–Crippen MR) is 67.1 cm³/mol. The standard InChI is InChI=1S/C11H12BrN5/c12-9-3-1-2-4-10(9)17-15-11(14-16-17)8-5-6-13-7-8/h1-4,8,13H,5-7H2. The van der Waals surface area contributed by atoms with Crippen LogP contribution in [0.25, 0.3) is 5.69 Å². The summed E-state index contributed by atoms with van der Waals surface area (Å²) in [6, 6.07) is 7.85. The average molecular weight is 294 g/mol. The van der Waals surface area contributed by atoms with Crippen molar-refractivity contribution in [3.05, 3.63) is 34.6 Å². The van der Waals surface area contributed by atoms with Crippen molar-refractivity contribution in [2.24, 2.45) is 0 Å². The fourth-order valence-electron chi connectivity index (χ4n) is 1.98. The van der Waals surface area contributed by atoms with Crippen molar-refractivity contribution >= 4 is 15.9 Å². The molecule has 0 amide bonds. The Bertz CT molecular complexity index is 518. The van der Waals surface area contributed by atoms with Gasteiger partial charge in [-0.15, -0.1) is 15.0 Å². The van der Waals surface area contributed by atoms with Crippen LogP contribution in [0.4, 0.5) is 0 Å². The van der Waals surface area contributed by atoms with Gasteiger partial charge in [-0.3, -0.25) is 0 Å². The number of hydrogen-bond acceptors (Lipinski definition) is 4. The molecule has 1 atom stereocenters. The lowest BCUT2D eigenvalue weighted by atomic mass is 10.1. The van der Waals surface area contributed by atoms with Crippen molar-refractivity contribution in [3.63, 3.8) is 0 Å². The van der Waals surface area contributed by atoms with Gasteiger partial charge in [-0.05, 0) is 46.2 Å². The van der Waals surface area contributed by atoms with Crippen LogP contribution in [-0.2, 0) is 0 Å². The smallest absolute Gasteiger partial charge is 0.179 e. The minimum absolute atomic E-state index is 0.395. The highest BCUT2D eigenvalue weighted by molar-refractivity contribution is 9.10. The van der Waals surface area contributed by atoms with Crippen LogP contribution in [0.1, 0.15) is 18.2 Å². The molecule has 0 saturated carbocycles. The van der Waals surface area contributed by atoms with Crippen LogP contribution >= 0.6 is 15.9 Å². The molecule has 1 aromatic heterocycles. The molecule has 0 radical (unpaired) electrons. The van der Waals surface area contributed by atoms with Crippen molar-refractivity contribution in [2.75, 3.05) is 13.1 Å². The van der Waals surface area contributed by atoms with Crippen molar-refractivity contribution in [1.29, 1.82) is 0 Å². The quantitative estimate of drug-likeness (QED) is 0.912. The number of nitrogens with one attached hydrogen (secondary N) is 1. The third-order valence-corrected chi connectivity index (χ3v) is 3.59. The maximum Gasteiger partial charge on any atom is 0.179 e. The fourth-order valence-corrected chi connectivity index (χ4v) is 2.42. The molecule has 1 aliphatic rings. The van der Waals surface area contributed by atoms with Gasteiger partial charge in [0.1, 0.15) is 5.69 Å². The molecule has 0 spiro atoms. The number of rotatable bonds is 2. The van der Waals surface area contributed by atoms with Crippen LogP contribution in [0.2, 0.25) is 0 Å². The summed E-state index contributed by atoms with van der Waals surface area (Å²) in [5.41, 5.74) is 0.914. The van der Waals surface area contributed by atoms with Crippen LogP contribution in [-0.4, -0.2) is 33.3 Å². The number of nitrogens with zero attached hydrogens (tertiary/aromatic N) is 4. The first-order chi connectivity index (χ1) is 8.34. The lowest BCUT2D eigenvalue weighted by Crippen LogP contribution is -2.09. The van der Waals surface area contributed by atoms with Gasteiger partial charge >= 0.3 is 0 Å². The highest BCUT2D eigenvalue weighted by Gasteiger charge is 2.21. The molecular formula is C11H12BrN5. The van der Waals surface area contributed by atoms with Crippen LogP contribution in [0, 0.1) is 0 Å². The Balaban J connectivity index is 1.92. The van der Waals surface area contributed by atoms with E-state index in [-0.39, 0.29) is 0 Å². The Hall–Kier alpha value is -1.27. The molecule has 1 unspecified atom stereocenters. The van der Waals surface area contributed by atoms with E-state index >= 15 is 0 Å². The molecule has 88 valence electrons. The third kappa shape index (κ3) is 2.10. The average Bonchev–Trinajstić information content (AvgIpc) is 3.00. The number of tetrazole rings is 1. The molecule has 6 heteroatoms. The topological polar surface area (TPSA) is 55.6 Å². The van der Waals surface area contributed by atoms with E-state index in [1.54, 1.807) is 4.80 Å². The largest absolute Gasteiger partial charge is 0.316 e. The maximum absolute atomic E-state index is 4.45. The Morgan fingerprint density at radius 2 is 2.24 bits per heavy atom. The Labute approximate surface area is 107 Å². The number of halogens is 1. The van der Waals surface area contributed by atoms with Crippen LogP contribution in [0.3, 0.4) is 0 Å². The second-order valence-electron chi connectivity index (χ2n) is 4.08. The zero-order chi connectivity index (χ0) is 11.7. The third-order valence-electron chi connectivity index (χ3n) is 2.92. The molecule has 1 fully saturated rings. The summed E-state index contributed by atoms with van der Waals surface area (Å²) in [5, 5.41) is 16.0. The summed E-state index contributed by atoms with van der Waals surface area (Å²) in [5.74, 6) is 1.22. The van der Waals surface area contributed by atoms with Crippen molar-refractivity contribution in [1.82, 2.24) is 25.5 Å². The van der Waals surface area contributed by atoms with Gasteiger partial charge in [0, 0.05) is 16.9 Å². The Kier molecular flexibility index (Phi) is 2.90. The van der Waals surface area contributed by atoms with E-state index in [2.05, 4.69) is 36.7 Å². The molecule has 5 nitrogen and oxygen atoms in total. The second kappa shape index (κ2) is 4.54. The van der Waals surface area contributed by atoms with E-state index < -0.39 is 0 Å². The second-order valence-corrected chi connectivity index (χ2v) is 4.93. The van der Waals surface area contributed by atoms with Gasteiger partial charge in [0.05, 0.1) is 0 Å². The van der Waals surface area contributed by atoms with Gasteiger partial charge in [-0.2, -0.15) is 0 Å². The lowest BCUT2D eigenvalue weighted by molar-refractivity contribution is 0.687. The van der Waals surface area contributed by atoms with E-state index in [0.717, 1.165) is 35.5 Å². The van der Waals surface area contributed by atoms with Gasteiger partial charge in [-0.1, -0.05) is 12.1 Å². The van der Waals surface area contributed by atoms with Crippen LogP contribution in [0.5, 0.6) is 0 Å². The number of aromatic nitrogens is 4. The molecule has 0 bridgehead atoms. The SMILES string of the molecule is Brc1ccccc1-n1nnc(C2CCNC2)n1. The molecule has 1 aliphatic heterocycles. The van der Waals surface area contributed by atoms with Crippen molar-refractivity contribution < 1.29 is 0 Å². The molecule has 1 saturated heterocycles. The normalized spacial score (nSPS) is 19.7. The summed E-state index contributed by atoms with van der Waals surface area (Å²) >= 11 is 3.48. The number of para-hydroxylation sites is 1. The van der Waals surface area contributed by atoms with E-state index in [1.807, 2.05) is 24.3 Å². The first kappa shape index (κ1) is 10.9. The molecule has 1 N–H and O–H groups in total. The first-order valence-corrected chi connectivity index (χ1v) is 6.39. The number of benzene rings is 1. The first-order valence-electron chi connectivity index (χ1n) is 5.60. The van der Waals surface area contributed by atoms with E-state index in [1.165, 1.54) is 0 Å². The molecule has 3 rings (SSSR count). The fraction of sp³-hybridized carbons (Fsp3) is 0.364. The van der Waals surface area contributed by atoms with Crippen LogP contribution in [0.15, 0.2) is 28.7 Å². The molecule has 2 aromatic rings. The maximum atomic E-state index is 4.45. The van der Waals surface area contributed by atoms with Crippen molar-refractivity contribution in [2.45, 2.75) is 12.3 Å². The summed E-state index contributed by atoms with van der Waals surface area (Å²) in [6.07, 6.45) is 1.08. The van der Waals surface area contributed by atoms with Gasteiger partial charge in [0.2, 0.25) is 0 Å². The minimum Gasteiger partial charge on any atom is -0.316 e. The molecule has 2 heterocycles. The van der Waals surface area contributed by atoms with Gasteiger partial charge in [0.25, 0.3) is 0 Å². The highest BCUT2D eigenvalue weighted by Crippen LogP contribution is 2.21. The summed E-state index contributed by atoms with van der Waals surface area (Å²) in [7, 11) is 0.